The number of imide groups is 1. The largest absolute Gasteiger partial charge is 0.353 e. The number of hydrogen-bond donors (Lipinski definition) is 0. The molecule has 8 heteroatoms. The maximum atomic E-state index is 12.3. The van der Waals surface area contributed by atoms with Crippen molar-refractivity contribution in [2.45, 2.75) is 44.2 Å². The Kier molecular flexibility index (Phi) is 3.89. The van der Waals surface area contributed by atoms with Crippen LogP contribution in [0.5, 0.6) is 0 Å². The molecule has 2 amide bonds. The molecule has 4 atom stereocenters. The van der Waals surface area contributed by atoms with Gasteiger partial charge < -0.3 is 18.9 Å². The van der Waals surface area contributed by atoms with E-state index in [2.05, 4.69) is 0 Å². The molecule has 0 aliphatic carbocycles. The Morgan fingerprint density at radius 1 is 1.08 bits per heavy atom. The number of fused-ring (bicyclic) bond motifs is 2. The molecule has 1 unspecified atom stereocenters. The van der Waals surface area contributed by atoms with Crippen LogP contribution in [-0.2, 0) is 23.8 Å². The molecule has 1 aromatic rings. The molecular weight excluding hydrogens is 330 g/mol. The third-order valence-electron chi connectivity index (χ3n) is 4.46. The third kappa shape index (κ3) is 2.66. The van der Waals surface area contributed by atoms with Crippen LogP contribution in [0.15, 0.2) is 24.3 Å². The molecular formula is C17H19NO7. The normalized spacial score (nSPS) is 33.0. The first kappa shape index (κ1) is 16.6. The van der Waals surface area contributed by atoms with Gasteiger partial charge in [-0.25, -0.2) is 0 Å². The van der Waals surface area contributed by atoms with Crippen molar-refractivity contribution in [2.75, 3.05) is 13.7 Å². The fourth-order valence-electron chi connectivity index (χ4n) is 3.40. The fourth-order valence-corrected chi connectivity index (χ4v) is 3.40. The molecule has 3 heterocycles. The van der Waals surface area contributed by atoms with E-state index in [-0.39, 0.29) is 6.61 Å². The lowest BCUT2D eigenvalue weighted by atomic mass is 10.1. The van der Waals surface area contributed by atoms with E-state index in [1.807, 2.05) is 0 Å². The Bertz CT molecular complexity index is 684. The van der Waals surface area contributed by atoms with Gasteiger partial charge in [0.2, 0.25) is 0 Å². The van der Waals surface area contributed by atoms with Crippen molar-refractivity contribution in [3.05, 3.63) is 35.4 Å². The summed E-state index contributed by atoms with van der Waals surface area (Å²) in [6.45, 7) is 3.58. The molecule has 0 radical (unpaired) electrons. The summed E-state index contributed by atoms with van der Waals surface area (Å²) in [5, 5.41) is 0.768. The molecule has 134 valence electrons. The average Bonchev–Trinajstić information content (AvgIpc) is 3.15. The highest BCUT2D eigenvalue weighted by Gasteiger charge is 2.56. The van der Waals surface area contributed by atoms with Crippen LogP contribution in [0, 0.1) is 0 Å². The quantitative estimate of drug-likeness (QED) is 0.753. The third-order valence-corrected chi connectivity index (χ3v) is 4.46. The standard InChI is InChI=1S/C17H19NO7/c1-17(2)24-12-11(23-16(21-3)13(12)25-17)8-22-18-14(19)9-6-4-5-7-10(9)15(18)20/h4-7,11-13,16H,8H2,1-3H3/t11-,12-,13-,16?/m1/s1. The van der Waals surface area contributed by atoms with Crippen molar-refractivity contribution in [1.29, 1.82) is 0 Å². The van der Waals surface area contributed by atoms with Gasteiger partial charge in [-0.05, 0) is 26.0 Å². The van der Waals surface area contributed by atoms with Gasteiger partial charge >= 0.3 is 0 Å². The zero-order valence-corrected chi connectivity index (χ0v) is 14.1. The summed E-state index contributed by atoms with van der Waals surface area (Å²) in [7, 11) is 1.52. The predicted octanol–water partition coefficient (Wildman–Crippen LogP) is 1.11. The number of rotatable bonds is 4. The fraction of sp³-hybridized carbons (Fsp3) is 0.529. The summed E-state index contributed by atoms with van der Waals surface area (Å²) in [6, 6.07) is 6.59. The summed E-state index contributed by atoms with van der Waals surface area (Å²) in [4.78, 5) is 30.1. The molecule has 0 saturated carbocycles. The number of benzene rings is 1. The molecule has 0 bridgehead atoms. The zero-order chi connectivity index (χ0) is 17.8. The number of carbonyl (C=O) groups excluding carboxylic acids is 2. The van der Waals surface area contributed by atoms with E-state index in [1.165, 1.54) is 7.11 Å². The summed E-state index contributed by atoms with van der Waals surface area (Å²) < 4.78 is 22.7. The van der Waals surface area contributed by atoms with Crippen LogP contribution < -0.4 is 0 Å². The van der Waals surface area contributed by atoms with Crippen LogP contribution >= 0.6 is 0 Å². The van der Waals surface area contributed by atoms with Gasteiger partial charge in [-0.2, -0.15) is 0 Å². The molecule has 8 nitrogen and oxygen atoms in total. The molecule has 0 N–H and O–H groups in total. The van der Waals surface area contributed by atoms with Gasteiger partial charge in [0, 0.05) is 7.11 Å². The number of ether oxygens (including phenoxy) is 4. The second kappa shape index (κ2) is 5.86. The number of methoxy groups -OCH3 is 1. The van der Waals surface area contributed by atoms with Gasteiger partial charge in [0.15, 0.2) is 12.1 Å². The van der Waals surface area contributed by atoms with Crippen molar-refractivity contribution in [3.63, 3.8) is 0 Å². The van der Waals surface area contributed by atoms with Gasteiger partial charge in [-0.3, -0.25) is 14.4 Å². The summed E-state index contributed by atoms with van der Waals surface area (Å²) in [5.74, 6) is -1.73. The first-order valence-corrected chi connectivity index (χ1v) is 8.06. The molecule has 25 heavy (non-hydrogen) atoms. The van der Waals surface area contributed by atoms with Crippen LogP contribution in [0.1, 0.15) is 34.6 Å². The summed E-state index contributed by atoms with van der Waals surface area (Å²) in [5.41, 5.74) is 0.656. The SMILES string of the molecule is COC1O[C@H](CON2C(=O)c3ccccc3C2=O)[C@H]2OC(C)(C)O[C@@H]12. The van der Waals surface area contributed by atoms with Gasteiger partial charge in [-0.1, -0.05) is 12.1 Å². The summed E-state index contributed by atoms with van der Waals surface area (Å²) in [6.07, 6.45) is -1.92. The Labute approximate surface area is 144 Å². The number of hydroxylamine groups is 2. The molecule has 3 aliphatic heterocycles. The average molecular weight is 349 g/mol. The van der Waals surface area contributed by atoms with E-state index >= 15 is 0 Å². The lowest BCUT2D eigenvalue weighted by Gasteiger charge is -2.24. The van der Waals surface area contributed by atoms with Gasteiger partial charge in [0.1, 0.15) is 24.9 Å². The molecule has 0 spiro atoms. The first-order valence-electron chi connectivity index (χ1n) is 8.06. The predicted molar refractivity (Wildman–Crippen MR) is 82.4 cm³/mol. The minimum atomic E-state index is -0.760. The Morgan fingerprint density at radius 2 is 1.68 bits per heavy atom. The zero-order valence-electron chi connectivity index (χ0n) is 14.1. The van der Waals surface area contributed by atoms with Gasteiger partial charge in [-0.15, -0.1) is 5.06 Å². The minimum Gasteiger partial charge on any atom is -0.353 e. The van der Waals surface area contributed by atoms with Crippen LogP contribution in [0.25, 0.3) is 0 Å². The van der Waals surface area contributed by atoms with Crippen molar-refractivity contribution in [2.24, 2.45) is 0 Å². The monoisotopic (exact) mass is 349 g/mol. The van der Waals surface area contributed by atoms with Gasteiger partial charge in [0.25, 0.3) is 11.8 Å². The first-order chi connectivity index (χ1) is 11.9. The van der Waals surface area contributed by atoms with E-state index in [0.717, 1.165) is 5.06 Å². The van der Waals surface area contributed by atoms with Crippen molar-refractivity contribution in [3.8, 4) is 0 Å². The second-order valence-corrected chi connectivity index (χ2v) is 6.59. The highest BCUT2D eigenvalue weighted by Crippen LogP contribution is 2.39. The molecule has 0 aromatic heterocycles. The summed E-state index contributed by atoms with van der Waals surface area (Å²) >= 11 is 0. The molecule has 2 fully saturated rings. The molecule has 3 aliphatic rings. The Balaban J connectivity index is 1.46. The Hall–Kier alpha value is -1.84. The van der Waals surface area contributed by atoms with Crippen LogP contribution in [0.3, 0.4) is 0 Å². The van der Waals surface area contributed by atoms with E-state index in [4.69, 9.17) is 23.8 Å². The number of nitrogens with zero attached hydrogens (tertiary/aromatic N) is 1. The van der Waals surface area contributed by atoms with Crippen molar-refractivity contribution < 1.29 is 33.4 Å². The highest BCUT2D eigenvalue weighted by atomic mass is 16.8. The smallest absolute Gasteiger partial charge is 0.285 e. The number of carbonyl (C=O) groups is 2. The molecule has 1 aromatic carbocycles. The van der Waals surface area contributed by atoms with E-state index < -0.39 is 42.2 Å². The van der Waals surface area contributed by atoms with E-state index in [9.17, 15) is 9.59 Å². The maximum Gasteiger partial charge on any atom is 0.285 e. The van der Waals surface area contributed by atoms with Crippen LogP contribution in [0.4, 0.5) is 0 Å². The van der Waals surface area contributed by atoms with Gasteiger partial charge in [0.05, 0.1) is 11.1 Å². The lowest BCUT2D eigenvalue weighted by molar-refractivity contribution is -0.238. The minimum absolute atomic E-state index is 0.0358. The van der Waals surface area contributed by atoms with Crippen LogP contribution in [-0.4, -0.2) is 61.0 Å². The molecule has 4 rings (SSSR count). The highest BCUT2D eigenvalue weighted by molar-refractivity contribution is 6.20. The van der Waals surface area contributed by atoms with E-state index in [1.54, 1.807) is 38.1 Å². The lowest BCUT2D eigenvalue weighted by Crippen LogP contribution is -2.38. The van der Waals surface area contributed by atoms with E-state index in [0.29, 0.717) is 11.1 Å². The second-order valence-electron chi connectivity index (χ2n) is 6.59. The van der Waals surface area contributed by atoms with Crippen LogP contribution in [0.2, 0.25) is 0 Å². The number of hydrogen-bond acceptors (Lipinski definition) is 7. The molecule has 2 saturated heterocycles. The van der Waals surface area contributed by atoms with Crippen molar-refractivity contribution >= 4 is 11.8 Å². The number of amides is 2. The Morgan fingerprint density at radius 3 is 2.28 bits per heavy atom. The van der Waals surface area contributed by atoms with Crippen molar-refractivity contribution in [1.82, 2.24) is 5.06 Å². The topological polar surface area (TPSA) is 83.5 Å². The maximum absolute atomic E-state index is 12.3.